The zero-order chi connectivity index (χ0) is 26.5. The number of benzene rings is 1. The molecule has 1 aromatic carbocycles. The highest BCUT2D eigenvalue weighted by molar-refractivity contribution is 7.12. The Morgan fingerprint density at radius 3 is 2.26 bits per heavy atom. The maximum atomic E-state index is 13.7. The first-order valence-corrected chi connectivity index (χ1v) is 15.0. The van der Waals surface area contributed by atoms with Crippen molar-refractivity contribution in [1.29, 1.82) is 0 Å². The molecule has 2 unspecified atom stereocenters. The predicted molar refractivity (Wildman–Crippen MR) is 151 cm³/mol. The first-order chi connectivity index (χ1) is 18.5. The van der Waals surface area contributed by atoms with E-state index in [0.29, 0.717) is 35.7 Å². The second-order valence-corrected chi connectivity index (χ2v) is 12.1. The predicted octanol–water partition coefficient (Wildman–Crippen LogP) is 4.16. The quantitative estimate of drug-likeness (QED) is 0.440. The van der Waals surface area contributed by atoms with Crippen LogP contribution in [0.3, 0.4) is 0 Å². The van der Waals surface area contributed by atoms with E-state index in [1.807, 2.05) is 52.1 Å². The Bertz CT molecular complexity index is 1210. The molecule has 1 saturated carbocycles. The van der Waals surface area contributed by atoms with Gasteiger partial charge in [-0.05, 0) is 67.0 Å². The Balaban J connectivity index is 1.38. The van der Waals surface area contributed by atoms with Crippen LogP contribution in [0.5, 0.6) is 0 Å². The normalized spacial score (nSPS) is 23.2. The maximum Gasteiger partial charge on any atom is 0.264 e. The highest BCUT2D eigenvalue weighted by atomic mass is 32.1. The molecule has 1 saturated heterocycles. The lowest BCUT2D eigenvalue weighted by Gasteiger charge is -2.29. The lowest BCUT2D eigenvalue weighted by Crippen LogP contribution is -2.50. The molecule has 3 heterocycles. The summed E-state index contributed by atoms with van der Waals surface area (Å²) >= 11 is 2.79. The molecule has 2 atom stereocenters. The third-order valence-electron chi connectivity index (χ3n) is 7.61. The van der Waals surface area contributed by atoms with Gasteiger partial charge >= 0.3 is 0 Å². The van der Waals surface area contributed by atoms with Gasteiger partial charge in [-0.1, -0.05) is 42.5 Å². The lowest BCUT2D eigenvalue weighted by molar-refractivity contribution is -0.125. The number of carbonyl (C=O) groups is 3. The molecule has 3 N–H and O–H groups in total. The topological polar surface area (TPSA) is 95.7 Å². The molecule has 1 aliphatic heterocycles. The van der Waals surface area contributed by atoms with Crippen molar-refractivity contribution in [3.05, 3.63) is 80.7 Å². The molecule has 2 fully saturated rings. The summed E-state index contributed by atoms with van der Waals surface area (Å²) < 4.78 is 0. The van der Waals surface area contributed by atoms with Gasteiger partial charge in [-0.25, -0.2) is 0 Å². The molecule has 2 aromatic heterocycles. The van der Waals surface area contributed by atoms with Crippen LogP contribution in [0.4, 0.5) is 0 Å². The number of nitrogens with two attached hydrogens (primary N) is 1. The standard InChI is InChI=1S/C29H34N4O3S2/c30-21-10-12-22(13-11-21)31-27(34)24-18-23(19-33(24)29(36)26-9-5-17-38-26)32(28(35)25-8-4-16-37-25)15-14-20-6-2-1-3-7-20/h1-9,16-17,21-24H,10-15,18-19,30H2,(H,31,34). The summed E-state index contributed by atoms with van der Waals surface area (Å²) in [6.07, 6.45) is 4.59. The van der Waals surface area contributed by atoms with Crippen LogP contribution in [0.1, 0.15) is 57.0 Å². The summed E-state index contributed by atoms with van der Waals surface area (Å²) in [5, 5.41) is 6.97. The molecule has 38 heavy (non-hydrogen) atoms. The first kappa shape index (κ1) is 26.6. The number of amides is 3. The fourth-order valence-electron chi connectivity index (χ4n) is 5.50. The SMILES string of the molecule is NC1CCC(NC(=O)C2CC(N(CCc3ccccc3)C(=O)c3cccs3)CN2C(=O)c2cccs2)CC1. The third kappa shape index (κ3) is 6.17. The molecule has 200 valence electrons. The van der Waals surface area contributed by atoms with E-state index >= 15 is 0 Å². The highest BCUT2D eigenvalue weighted by Gasteiger charge is 2.44. The minimum atomic E-state index is -0.624. The fraction of sp³-hybridized carbons (Fsp3) is 0.414. The summed E-state index contributed by atoms with van der Waals surface area (Å²) in [7, 11) is 0. The summed E-state index contributed by atoms with van der Waals surface area (Å²) in [5.74, 6) is -0.337. The van der Waals surface area contributed by atoms with Crippen LogP contribution in [-0.4, -0.2) is 64.8 Å². The van der Waals surface area contributed by atoms with E-state index in [0.717, 1.165) is 31.2 Å². The second kappa shape index (κ2) is 12.2. The van der Waals surface area contributed by atoms with Gasteiger partial charge in [0, 0.05) is 25.2 Å². The molecule has 3 aromatic rings. The van der Waals surface area contributed by atoms with E-state index in [1.54, 1.807) is 11.0 Å². The Hall–Kier alpha value is -3.01. The molecule has 0 radical (unpaired) electrons. The smallest absolute Gasteiger partial charge is 0.264 e. The van der Waals surface area contributed by atoms with Crippen LogP contribution < -0.4 is 11.1 Å². The van der Waals surface area contributed by atoms with E-state index < -0.39 is 6.04 Å². The van der Waals surface area contributed by atoms with Crippen LogP contribution in [-0.2, 0) is 11.2 Å². The number of hydrogen-bond acceptors (Lipinski definition) is 6. The van der Waals surface area contributed by atoms with Gasteiger partial charge in [0.1, 0.15) is 6.04 Å². The molecule has 2 aliphatic rings. The number of hydrogen-bond donors (Lipinski definition) is 2. The van der Waals surface area contributed by atoms with Crippen molar-refractivity contribution < 1.29 is 14.4 Å². The second-order valence-electron chi connectivity index (χ2n) is 10.2. The minimum absolute atomic E-state index is 0.0493. The average Bonchev–Trinajstić information content (AvgIpc) is 3.73. The molecular formula is C29H34N4O3S2. The van der Waals surface area contributed by atoms with Crippen molar-refractivity contribution in [2.24, 2.45) is 5.73 Å². The van der Waals surface area contributed by atoms with Gasteiger partial charge in [-0.15, -0.1) is 22.7 Å². The molecule has 7 nitrogen and oxygen atoms in total. The Morgan fingerprint density at radius 2 is 1.61 bits per heavy atom. The van der Waals surface area contributed by atoms with E-state index in [4.69, 9.17) is 5.73 Å². The summed E-state index contributed by atoms with van der Waals surface area (Å²) in [4.78, 5) is 45.6. The lowest BCUT2D eigenvalue weighted by atomic mass is 9.91. The highest BCUT2D eigenvalue weighted by Crippen LogP contribution is 2.29. The fourth-order valence-corrected chi connectivity index (χ4v) is 6.86. The number of rotatable bonds is 8. The van der Waals surface area contributed by atoms with Crippen molar-refractivity contribution in [2.75, 3.05) is 13.1 Å². The molecule has 0 bridgehead atoms. The van der Waals surface area contributed by atoms with Crippen molar-refractivity contribution in [3.63, 3.8) is 0 Å². The monoisotopic (exact) mass is 550 g/mol. The Labute approximate surface area is 231 Å². The molecule has 9 heteroatoms. The van der Waals surface area contributed by atoms with Gasteiger partial charge in [0.15, 0.2) is 0 Å². The molecule has 1 aliphatic carbocycles. The van der Waals surface area contributed by atoms with E-state index in [2.05, 4.69) is 17.4 Å². The van der Waals surface area contributed by atoms with Gasteiger partial charge in [-0.2, -0.15) is 0 Å². The van der Waals surface area contributed by atoms with Crippen molar-refractivity contribution in [1.82, 2.24) is 15.1 Å². The summed E-state index contributed by atoms with van der Waals surface area (Å²) in [6.45, 7) is 0.845. The largest absolute Gasteiger partial charge is 0.352 e. The zero-order valence-corrected chi connectivity index (χ0v) is 23.0. The van der Waals surface area contributed by atoms with Crippen molar-refractivity contribution >= 4 is 40.4 Å². The Morgan fingerprint density at radius 1 is 0.921 bits per heavy atom. The first-order valence-electron chi connectivity index (χ1n) is 13.3. The van der Waals surface area contributed by atoms with E-state index in [1.165, 1.54) is 22.7 Å². The van der Waals surface area contributed by atoms with Crippen LogP contribution in [0.2, 0.25) is 0 Å². The van der Waals surface area contributed by atoms with Gasteiger partial charge in [0.05, 0.1) is 15.8 Å². The minimum Gasteiger partial charge on any atom is -0.352 e. The van der Waals surface area contributed by atoms with Crippen LogP contribution in [0, 0.1) is 0 Å². The van der Waals surface area contributed by atoms with Gasteiger partial charge in [-0.3, -0.25) is 14.4 Å². The molecule has 0 spiro atoms. The average molecular weight is 551 g/mol. The van der Waals surface area contributed by atoms with E-state index in [9.17, 15) is 14.4 Å². The van der Waals surface area contributed by atoms with Gasteiger partial charge in [0.25, 0.3) is 11.8 Å². The van der Waals surface area contributed by atoms with Crippen LogP contribution >= 0.6 is 22.7 Å². The number of carbonyl (C=O) groups excluding carboxylic acids is 3. The summed E-state index contributed by atoms with van der Waals surface area (Å²) in [5.41, 5.74) is 7.20. The number of thiophene rings is 2. The van der Waals surface area contributed by atoms with Gasteiger partial charge < -0.3 is 20.9 Å². The number of nitrogens with one attached hydrogen (secondary N) is 1. The van der Waals surface area contributed by atoms with Crippen LogP contribution in [0.25, 0.3) is 0 Å². The van der Waals surface area contributed by atoms with E-state index in [-0.39, 0.29) is 35.8 Å². The third-order valence-corrected chi connectivity index (χ3v) is 9.33. The molecule has 5 rings (SSSR count). The zero-order valence-electron chi connectivity index (χ0n) is 21.3. The molecule has 3 amide bonds. The summed E-state index contributed by atoms with van der Waals surface area (Å²) in [6, 6.07) is 16.8. The Kier molecular flexibility index (Phi) is 8.56. The maximum absolute atomic E-state index is 13.7. The van der Waals surface area contributed by atoms with Crippen molar-refractivity contribution in [2.45, 2.75) is 62.7 Å². The van der Waals surface area contributed by atoms with Crippen molar-refractivity contribution in [3.8, 4) is 0 Å². The molecular weight excluding hydrogens is 516 g/mol. The number of nitrogens with zero attached hydrogens (tertiary/aromatic N) is 2. The number of likely N-dealkylation sites (tertiary alicyclic amines) is 1. The van der Waals surface area contributed by atoms with Crippen LogP contribution in [0.15, 0.2) is 65.4 Å². The van der Waals surface area contributed by atoms with Gasteiger partial charge in [0.2, 0.25) is 5.91 Å².